The lowest BCUT2D eigenvalue weighted by Gasteiger charge is -2.23. The zero-order chi connectivity index (χ0) is 18.8. The average Bonchev–Trinajstić information content (AvgIpc) is 3.36. The molecule has 6 nitrogen and oxygen atoms in total. The number of urea groups is 1. The van der Waals surface area contributed by atoms with E-state index in [4.69, 9.17) is 0 Å². The van der Waals surface area contributed by atoms with Crippen LogP contribution in [0.1, 0.15) is 40.7 Å². The summed E-state index contributed by atoms with van der Waals surface area (Å²) >= 11 is 1.61. The Kier molecular flexibility index (Phi) is 4.94. The van der Waals surface area contributed by atoms with Crippen molar-refractivity contribution in [1.29, 1.82) is 0 Å². The first-order valence-electron chi connectivity index (χ1n) is 9.17. The molecular formula is C20H23N5OS. The van der Waals surface area contributed by atoms with Crippen molar-refractivity contribution in [2.24, 2.45) is 0 Å². The number of anilines is 1. The van der Waals surface area contributed by atoms with Crippen LogP contribution in [0.3, 0.4) is 0 Å². The van der Waals surface area contributed by atoms with E-state index in [9.17, 15) is 4.79 Å². The molecule has 1 aromatic carbocycles. The summed E-state index contributed by atoms with van der Waals surface area (Å²) in [5, 5.41) is 10.6. The lowest BCUT2D eigenvalue weighted by molar-refractivity contribution is 0.206. The van der Waals surface area contributed by atoms with Crippen LogP contribution in [-0.2, 0) is 6.54 Å². The molecule has 0 spiro atoms. The highest BCUT2D eigenvalue weighted by Gasteiger charge is 2.32. The van der Waals surface area contributed by atoms with Gasteiger partial charge in [-0.25, -0.2) is 14.5 Å². The van der Waals surface area contributed by atoms with E-state index in [0.29, 0.717) is 6.54 Å². The molecule has 4 rings (SSSR count). The maximum absolute atomic E-state index is 12.9. The van der Waals surface area contributed by atoms with Gasteiger partial charge in [-0.15, -0.1) is 11.3 Å². The molecule has 1 fully saturated rings. The topological polar surface area (TPSA) is 63.1 Å². The number of hydrogen-bond donors (Lipinski definition) is 1. The number of aryl methyl sites for hydroxylation is 2. The largest absolute Gasteiger partial charge is 0.323 e. The number of carbonyl (C=O) groups excluding carboxylic acids is 1. The molecule has 0 aliphatic carbocycles. The van der Waals surface area contributed by atoms with Gasteiger partial charge in [0.1, 0.15) is 10.8 Å². The van der Waals surface area contributed by atoms with Gasteiger partial charge in [-0.1, -0.05) is 29.8 Å². The number of likely N-dealkylation sites (tertiary alicyclic amines) is 1. The van der Waals surface area contributed by atoms with Crippen LogP contribution in [0.5, 0.6) is 0 Å². The quantitative estimate of drug-likeness (QED) is 0.730. The van der Waals surface area contributed by atoms with Crippen LogP contribution in [0.15, 0.2) is 41.9 Å². The second-order valence-corrected chi connectivity index (χ2v) is 7.90. The standard InChI is InChI=1S/C20H23N5OS/c1-14-5-3-6-16(11-14)13-25-18(12-15(2)23-25)22-20(26)24-9-4-7-17(24)19-21-8-10-27-19/h3,5-6,8,10-12,17H,4,7,9,13H2,1-2H3,(H,22,26)/t17-/m1/s1. The van der Waals surface area contributed by atoms with Crippen molar-refractivity contribution < 1.29 is 4.79 Å². The summed E-state index contributed by atoms with van der Waals surface area (Å²) in [5.74, 6) is 0.726. The minimum absolute atomic E-state index is 0.0687. The maximum Gasteiger partial charge on any atom is 0.323 e. The fourth-order valence-electron chi connectivity index (χ4n) is 3.60. The van der Waals surface area contributed by atoms with E-state index >= 15 is 0 Å². The van der Waals surface area contributed by atoms with E-state index in [-0.39, 0.29) is 12.1 Å². The zero-order valence-corrected chi connectivity index (χ0v) is 16.4. The van der Waals surface area contributed by atoms with E-state index in [1.54, 1.807) is 17.5 Å². The van der Waals surface area contributed by atoms with Crippen molar-refractivity contribution in [3.8, 4) is 0 Å². The first kappa shape index (κ1) is 17.7. The summed E-state index contributed by atoms with van der Waals surface area (Å²) in [6.45, 7) is 5.39. The number of hydrogen-bond acceptors (Lipinski definition) is 4. The Morgan fingerprint density at radius 1 is 1.33 bits per heavy atom. The van der Waals surface area contributed by atoms with Gasteiger partial charge in [-0.2, -0.15) is 5.10 Å². The van der Waals surface area contributed by atoms with Crippen molar-refractivity contribution in [1.82, 2.24) is 19.7 Å². The number of thiazole rings is 1. The lowest BCUT2D eigenvalue weighted by atomic mass is 10.1. The fourth-order valence-corrected chi connectivity index (χ4v) is 4.38. The molecule has 140 valence electrons. The van der Waals surface area contributed by atoms with Crippen molar-refractivity contribution in [3.05, 3.63) is 63.7 Å². The van der Waals surface area contributed by atoms with Gasteiger partial charge in [0, 0.05) is 24.2 Å². The average molecular weight is 382 g/mol. The lowest BCUT2D eigenvalue weighted by Crippen LogP contribution is -2.35. The Morgan fingerprint density at radius 3 is 3.00 bits per heavy atom. The van der Waals surface area contributed by atoms with E-state index < -0.39 is 0 Å². The Balaban J connectivity index is 1.51. The third kappa shape index (κ3) is 3.88. The summed E-state index contributed by atoms with van der Waals surface area (Å²) in [7, 11) is 0. The van der Waals surface area contributed by atoms with Crippen molar-refractivity contribution >= 4 is 23.2 Å². The van der Waals surface area contributed by atoms with Crippen LogP contribution < -0.4 is 5.32 Å². The van der Waals surface area contributed by atoms with Gasteiger partial charge >= 0.3 is 6.03 Å². The first-order valence-corrected chi connectivity index (χ1v) is 10.0. The van der Waals surface area contributed by atoms with E-state index in [1.165, 1.54) is 5.56 Å². The zero-order valence-electron chi connectivity index (χ0n) is 15.6. The molecule has 27 heavy (non-hydrogen) atoms. The van der Waals surface area contributed by atoms with Crippen LogP contribution in [0, 0.1) is 13.8 Å². The molecule has 0 saturated carbocycles. The Labute approximate surface area is 162 Å². The monoisotopic (exact) mass is 381 g/mol. The summed E-state index contributed by atoms with van der Waals surface area (Å²) in [6.07, 6.45) is 3.76. The molecular weight excluding hydrogens is 358 g/mol. The van der Waals surface area contributed by atoms with Crippen molar-refractivity contribution in [2.45, 2.75) is 39.3 Å². The molecule has 0 bridgehead atoms. The molecule has 0 radical (unpaired) electrons. The smallest absolute Gasteiger partial charge is 0.315 e. The molecule has 2 aromatic heterocycles. The molecule has 1 atom stereocenters. The predicted octanol–water partition coefficient (Wildman–Crippen LogP) is 4.37. The summed E-state index contributed by atoms with van der Waals surface area (Å²) < 4.78 is 1.86. The van der Waals surface area contributed by atoms with Crippen LogP contribution in [0.25, 0.3) is 0 Å². The van der Waals surface area contributed by atoms with Gasteiger partial charge < -0.3 is 4.90 Å². The third-order valence-electron chi connectivity index (χ3n) is 4.80. The molecule has 3 heterocycles. The van der Waals surface area contributed by atoms with Gasteiger partial charge in [0.25, 0.3) is 0 Å². The summed E-state index contributed by atoms with van der Waals surface area (Å²) in [5.41, 5.74) is 3.26. The number of amides is 2. The maximum atomic E-state index is 12.9. The Morgan fingerprint density at radius 2 is 2.22 bits per heavy atom. The molecule has 2 amide bonds. The molecule has 1 aliphatic heterocycles. The highest BCUT2D eigenvalue weighted by molar-refractivity contribution is 7.09. The molecule has 0 unspecified atom stereocenters. The normalized spacial score (nSPS) is 16.7. The minimum atomic E-state index is -0.0851. The van der Waals surface area contributed by atoms with E-state index in [0.717, 1.165) is 41.5 Å². The van der Waals surface area contributed by atoms with Crippen LogP contribution >= 0.6 is 11.3 Å². The number of carbonyl (C=O) groups is 1. The molecule has 7 heteroatoms. The van der Waals surface area contributed by atoms with Crippen molar-refractivity contribution in [3.63, 3.8) is 0 Å². The van der Waals surface area contributed by atoms with Gasteiger partial charge in [0.15, 0.2) is 0 Å². The van der Waals surface area contributed by atoms with Gasteiger partial charge in [-0.3, -0.25) is 5.32 Å². The Bertz CT molecular complexity index is 934. The molecule has 1 aliphatic rings. The number of benzene rings is 1. The summed E-state index contributed by atoms with van der Waals surface area (Å²) in [6, 6.07) is 10.2. The second kappa shape index (κ2) is 7.52. The Hall–Kier alpha value is -2.67. The number of nitrogens with zero attached hydrogens (tertiary/aromatic N) is 4. The van der Waals surface area contributed by atoms with Crippen LogP contribution in [0.2, 0.25) is 0 Å². The first-order chi connectivity index (χ1) is 13.1. The highest BCUT2D eigenvalue weighted by Crippen LogP contribution is 2.33. The third-order valence-corrected chi connectivity index (χ3v) is 5.68. The van der Waals surface area contributed by atoms with Crippen LogP contribution in [0.4, 0.5) is 10.6 Å². The van der Waals surface area contributed by atoms with Gasteiger partial charge in [-0.05, 0) is 32.3 Å². The van der Waals surface area contributed by atoms with E-state index in [2.05, 4.69) is 40.5 Å². The molecule has 1 N–H and O–H groups in total. The van der Waals surface area contributed by atoms with Gasteiger partial charge in [0.2, 0.25) is 0 Å². The van der Waals surface area contributed by atoms with Gasteiger partial charge in [0.05, 0.1) is 18.3 Å². The molecule has 1 saturated heterocycles. The molecule has 3 aromatic rings. The number of rotatable bonds is 4. The minimum Gasteiger partial charge on any atom is -0.315 e. The number of nitrogens with one attached hydrogen (secondary N) is 1. The van der Waals surface area contributed by atoms with E-state index in [1.807, 2.05) is 34.0 Å². The van der Waals surface area contributed by atoms with Crippen molar-refractivity contribution in [2.75, 3.05) is 11.9 Å². The SMILES string of the molecule is Cc1cccc(Cn2nc(C)cc2NC(=O)N2CCC[C@@H]2c2nccs2)c1. The van der Waals surface area contributed by atoms with Crippen LogP contribution in [-0.4, -0.2) is 32.2 Å². The predicted molar refractivity (Wildman–Crippen MR) is 107 cm³/mol. The summed E-state index contributed by atoms with van der Waals surface area (Å²) in [4.78, 5) is 19.2. The highest BCUT2D eigenvalue weighted by atomic mass is 32.1. The fraction of sp³-hybridized carbons (Fsp3) is 0.350. The second-order valence-electron chi connectivity index (χ2n) is 6.97. The number of aromatic nitrogens is 3.